The lowest BCUT2D eigenvalue weighted by molar-refractivity contribution is 1.18. The minimum Gasteiger partial charge on any atom is -0.309 e. The number of para-hydroxylation sites is 2. The van der Waals surface area contributed by atoms with Gasteiger partial charge in [0.05, 0.1) is 22.1 Å². The van der Waals surface area contributed by atoms with Crippen molar-refractivity contribution in [2.24, 2.45) is 0 Å². The summed E-state index contributed by atoms with van der Waals surface area (Å²) in [4.78, 5) is 0. The van der Waals surface area contributed by atoms with Crippen molar-refractivity contribution in [1.82, 2.24) is 9.13 Å². The third kappa shape index (κ3) is 4.22. The van der Waals surface area contributed by atoms with Crippen molar-refractivity contribution in [1.29, 1.82) is 0 Å². The molecular weight excluding hydrogens is 637 g/mol. The maximum absolute atomic E-state index is 2.45. The molecule has 0 radical (unpaired) electrons. The lowest BCUT2D eigenvalue weighted by Crippen LogP contribution is -1.94. The summed E-state index contributed by atoms with van der Waals surface area (Å²) < 4.78 is 7.56. The topological polar surface area (TPSA) is 9.86 Å². The first-order valence-electron chi connectivity index (χ1n) is 17.4. The van der Waals surface area contributed by atoms with E-state index in [0.29, 0.717) is 0 Å². The number of aromatic nitrogens is 2. The van der Waals surface area contributed by atoms with Gasteiger partial charge in [-0.3, -0.25) is 0 Å². The SMILES string of the molecule is c1ccc(-c2ccc(-n3c4ccccc4c4c5sc6c(ccc7c6c6ccccc6n7-c6cccc(-c7ccccc7)c6)c5ccc43)cc2)cc1. The van der Waals surface area contributed by atoms with Gasteiger partial charge in [0.25, 0.3) is 0 Å². The van der Waals surface area contributed by atoms with Crippen molar-refractivity contribution in [3.8, 4) is 33.6 Å². The van der Waals surface area contributed by atoms with Crippen LogP contribution in [-0.4, -0.2) is 9.13 Å². The van der Waals surface area contributed by atoms with Crippen LogP contribution in [-0.2, 0) is 0 Å². The van der Waals surface area contributed by atoms with Crippen LogP contribution in [0.25, 0.3) is 97.4 Å². The summed E-state index contributed by atoms with van der Waals surface area (Å²) in [5, 5.41) is 7.84. The van der Waals surface area contributed by atoms with E-state index >= 15 is 0 Å². The van der Waals surface area contributed by atoms with E-state index < -0.39 is 0 Å². The van der Waals surface area contributed by atoms with Crippen LogP contribution in [0.15, 0.2) is 182 Å². The van der Waals surface area contributed by atoms with Crippen molar-refractivity contribution in [3.63, 3.8) is 0 Å². The fraction of sp³-hybridized carbons (Fsp3) is 0. The maximum atomic E-state index is 2.45. The van der Waals surface area contributed by atoms with Crippen LogP contribution in [0, 0.1) is 0 Å². The number of rotatable bonds is 4. The van der Waals surface area contributed by atoms with E-state index in [2.05, 4.69) is 191 Å². The summed E-state index contributed by atoms with van der Waals surface area (Å²) in [6.07, 6.45) is 0. The van der Waals surface area contributed by atoms with E-state index in [4.69, 9.17) is 0 Å². The molecule has 0 spiro atoms. The lowest BCUT2D eigenvalue weighted by atomic mass is 10.0. The Morgan fingerprint density at radius 1 is 0.294 bits per heavy atom. The molecule has 0 N–H and O–H groups in total. The van der Waals surface area contributed by atoms with Gasteiger partial charge in [0.2, 0.25) is 0 Å². The average molecular weight is 667 g/mol. The van der Waals surface area contributed by atoms with Gasteiger partial charge in [-0.2, -0.15) is 0 Å². The molecule has 0 aliphatic rings. The van der Waals surface area contributed by atoms with Gasteiger partial charge in [0, 0.05) is 53.1 Å². The molecule has 51 heavy (non-hydrogen) atoms. The van der Waals surface area contributed by atoms with Crippen LogP contribution in [0.3, 0.4) is 0 Å². The predicted octanol–water partition coefficient (Wildman–Crippen LogP) is 13.6. The second-order valence-corrected chi connectivity index (χ2v) is 14.3. The van der Waals surface area contributed by atoms with E-state index in [1.165, 1.54) is 97.4 Å². The zero-order valence-electron chi connectivity index (χ0n) is 27.6. The Labute approximate surface area is 298 Å². The van der Waals surface area contributed by atoms with E-state index in [0.717, 1.165) is 0 Å². The molecule has 0 fully saturated rings. The van der Waals surface area contributed by atoms with Gasteiger partial charge in [-0.05, 0) is 70.8 Å². The molecule has 8 aromatic carbocycles. The molecule has 0 amide bonds. The lowest BCUT2D eigenvalue weighted by Gasteiger charge is -2.10. The molecule has 11 aromatic rings. The molecule has 3 heterocycles. The fourth-order valence-corrected chi connectivity index (χ4v) is 9.65. The molecular formula is C48H30N2S. The third-order valence-electron chi connectivity index (χ3n) is 10.5. The van der Waals surface area contributed by atoms with Crippen molar-refractivity contribution in [2.75, 3.05) is 0 Å². The van der Waals surface area contributed by atoms with Gasteiger partial charge < -0.3 is 9.13 Å². The average Bonchev–Trinajstić information content (AvgIpc) is 3.86. The minimum atomic E-state index is 1.17. The summed E-state index contributed by atoms with van der Waals surface area (Å²) >= 11 is 1.94. The smallest absolute Gasteiger partial charge is 0.0555 e. The normalized spacial score (nSPS) is 11.9. The molecule has 3 heteroatoms. The largest absolute Gasteiger partial charge is 0.309 e. The number of benzene rings is 8. The molecule has 3 aromatic heterocycles. The molecule has 0 saturated heterocycles. The number of hydrogen-bond donors (Lipinski definition) is 0. The van der Waals surface area contributed by atoms with Crippen molar-refractivity contribution >= 4 is 75.1 Å². The second kappa shape index (κ2) is 11.0. The molecule has 2 nitrogen and oxygen atoms in total. The molecule has 0 aliphatic carbocycles. The van der Waals surface area contributed by atoms with Gasteiger partial charge in [-0.1, -0.05) is 133 Å². The maximum Gasteiger partial charge on any atom is 0.0555 e. The van der Waals surface area contributed by atoms with Crippen LogP contribution in [0.1, 0.15) is 0 Å². The molecule has 0 unspecified atom stereocenters. The summed E-state index contributed by atoms with van der Waals surface area (Å²) in [6, 6.07) is 66.3. The van der Waals surface area contributed by atoms with E-state index in [9.17, 15) is 0 Å². The van der Waals surface area contributed by atoms with Gasteiger partial charge in [0.15, 0.2) is 0 Å². The summed E-state index contributed by atoms with van der Waals surface area (Å²) in [7, 11) is 0. The molecule has 0 bridgehead atoms. The van der Waals surface area contributed by atoms with Crippen LogP contribution in [0.2, 0.25) is 0 Å². The number of fused-ring (bicyclic) bond motifs is 11. The van der Waals surface area contributed by atoms with E-state index in [-0.39, 0.29) is 0 Å². The number of nitrogens with zero attached hydrogens (tertiary/aromatic N) is 2. The summed E-state index contributed by atoms with van der Waals surface area (Å²) in [5.41, 5.74) is 12.2. The van der Waals surface area contributed by atoms with Crippen LogP contribution >= 0.6 is 11.3 Å². The Morgan fingerprint density at radius 3 is 1.35 bits per heavy atom. The molecule has 0 saturated carbocycles. The van der Waals surface area contributed by atoms with Crippen LogP contribution < -0.4 is 0 Å². The summed E-state index contributed by atoms with van der Waals surface area (Å²) in [5.74, 6) is 0. The molecule has 11 rings (SSSR count). The highest BCUT2D eigenvalue weighted by Crippen LogP contribution is 2.47. The minimum absolute atomic E-state index is 1.17. The van der Waals surface area contributed by atoms with Crippen molar-refractivity contribution in [2.45, 2.75) is 0 Å². The predicted molar refractivity (Wildman–Crippen MR) is 219 cm³/mol. The number of thiophene rings is 1. The Morgan fingerprint density at radius 2 is 0.765 bits per heavy atom. The number of hydrogen-bond acceptors (Lipinski definition) is 1. The van der Waals surface area contributed by atoms with Crippen molar-refractivity contribution < 1.29 is 0 Å². The highest BCUT2D eigenvalue weighted by atomic mass is 32.1. The van der Waals surface area contributed by atoms with Crippen LogP contribution in [0.4, 0.5) is 0 Å². The fourth-order valence-electron chi connectivity index (χ4n) is 8.24. The van der Waals surface area contributed by atoms with Gasteiger partial charge >= 0.3 is 0 Å². The van der Waals surface area contributed by atoms with Crippen LogP contribution in [0.5, 0.6) is 0 Å². The first kappa shape index (κ1) is 28.4. The zero-order chi connectivity index (χ0) is 33.5. The first-order chi connectivity index (χ1) is 25.3. The third-order valence-corrected chi connectivity index (χ3v) is 11.8. The molecule has 0 atom stereocenters. The van der Waals surface area contributed by atoms with E-state index in [1.54, 1.807) is 0 Å². The van der Waals surface area contributed by atoms with Gasteiger partial charge in [-0.25, -0.2) is 0 Å². The Hall–Kier alpha value is -6.42. The van der Waals surface area contributed by atoms with Crippen molar-refractivity contribution in [3.05, 3.63) is 182 Å². The molecule has 238 valence electrons. The highest BCUT2D eigenvalue weighted by Gasteiger charge is 2.21. The first-order valence-corrected chi connectivity index (χ1v) is 18.3. The Balaban J connectivity index is 1.16. The Kier molecular flexibility index (Phi) is 6.16. The van der Waals surface area contributed by atoms with Gasteiger partial charge in [-0.15, -0.1) is 11.3 Å². The Bertz CT molecular complexity index is 3110. The molecule has 0 aliphatic heterocycles. The van der Waals surface area contributed by atoms with E-state index in [1.807, 2.05) is 11.3 Å². The quantitative estimate of drug-likeness (QED) is 0.177. The highest BCUT2D eigenvalue weighted by molar-refractivity contribution is 7.27. The monoisotopic (exact) mass is 666 g/mol. The summed E-state index contributed by atoms with van der Waals surface area (Å²) in [6.45, 7) is 0. The van der Waals surface area contributed by atoms with Gasteiger partial charge in [0.1, 0.15) is 0 Å². The standard InChI is InChI=1S/C48H30N2S/c1-3-12-31(13-4-1)33-22-24-35(25-23-33)49-41-20-9-7-18-39(41)45-43(49)28-26-37-38-27-29-44-46(48(38)51-47(37)45)40-19-8-10-21-42(40)50(44)36-17-11-16-34(30-36)32-14-5-2-6-15-32/h1-30H. The second-order valence-electron chi connectivity index (χ2n) is 13.3. The zero-order valence-corrected chi connectivity index (χ0v) is 28.4.